The fourth-order valence-corrected chi connectivity index (χ4v) is 2.96. The molecule has 0 bridgehead atoms. The molecule has 0 aliphatic rings. The summed E-state index contributed by atoms with van der Waals surface area (Å²) in [5.74, 6) is -2.90. The van der Waals surface area contributed by atoms with Crippen LogP contribution in [0.4, 0.5) is 9.59 Å². The van der Waals surface area contributed by atoms with Crippen LogP contribution in [0.1, 0.15) is 72.8 Å². The molecule has 1 aromatic carbocycles. The molecule has 0 spiro atoms. The highest BCUT2D eigenvalue weighted by Gasteiger charge is 2.44. The molecule has 37 heavy (non-hydrogen) atoms. The molecule has 2 unspecified atom stereocenters. The molecule has 11 heteroatoms. The first kappa shape index (κ1) is 31.7. The molecule has 1 aromatic rings. The summed E-state index contributed by atoms with van der Waals surface area (Å²) in [4.78, 5) is 49.3. The summed E-state index contributed by atoms with van der Waals surface area (Å²) in [5, 5.41) is 13.1. The van der Waals surface area contributed by atoms with Gasteiger partial charge in [-0.2, -0.15) is 0 Å². The molecule has 0 aromatic heterocycles. The van der Waals surface area contributed by atoms with E-state index in [-0.39, 0.29) is 37.2 Å². The number of nitrogens with one attached hydrogen (secondary N) is 1. The van der Waals surface area contributed by atoms with E-state index in [0.29, 0.717) is 31.2 Å². The van der Waals surface area contributed by atoms with E-state index in [1.54, 1.807) is 20.8 Å². The first-order valence-electron chi connectivity index (χ1n) is 12.6. The van der Waals surface area contributed by atoms with Crippen molar-refractivity contribution in [2.45, 2.75) is 85.4 Å². The average molecular weight is 526 g/mol. The molecule has 0 saturated heterocycles. The molecule has 0 aliphatic carbocycles. The van der Waals surface area contributed by atoms with E-state index in [1.165, 1.54) is 18.2 Å². The number of aliphatic carboxylic acids is 1. The van der Waals surface area contributed by atoms with Crippen molar-refractivity contribution in [2.24, 2.45) is 5.92 Å². The van der Waals surface area contributed by atoms with Crippen LogP contribution in [-0.2, 0) is 30.2 Å². The summed E-state index contributed by atoms with van der Waals surface area (Å²) in [7, 11) is 0. The normalized spacial score (nSPS) is 14.0. The smallest absolute Gasteiger partial charge is 0.477 e. The van der Waals surface area contributed by atoms with Gasteiger partial charge in [0, 0.05) is 12.5 Å². The lowest BCUT2D eigenvalue weighted by atomic mass is 9.99. The van der Waals surface area contributed by atoms with Crippen LogP contribution >= 0.6 is 0 Å². The van der Waals surface area contributed by atoms with Gasteiger partial charge in [0.1, 0.15) is 0 Å². The molecule has 0 saturated carbocycles. The number of benzene rings is 1. The predicted molar refractivity (Wildman–Crippen MR) is 133 cm³/mol. The molecule has 3 atom stereocenters. The summed E-state index contributed by atoms with van der Waals surface area (Å²) in [6.45, 7) is 10.9. The molecule has 1 rings (SSSR count). The minimum absolute atomic E-state index is 0.111. The Morgan fingerprint density at radius 2 is 1.46 bits per heavy atom. The Labute approximate surface area is 217 Å². The lowest BCUT2D eigenvalue weighted by Gasteiger charge is -2.34. The molecular formula is C26H39NO10. The summed E-state index contributed by atoms with van der Waals surface area (Å²) in [6, 6.07) is 3.82. The average Bonchev–Trinajstić information content (AvgIpc) is 2.86. The molecule has 2 N–H and O–H groups in total. The third-order valence-corrected chi connectivity index (χ3v) is 5.42. The van der Waals surface area contributed by atoms with Crippen molar-refractivity contribution >= 4 is 24.2 Å². The number of rotatable bonds is 15. The van der Waals surface area contributed by atoms with E-state index < -0.39 is 35.9 Å². The molecule has 0 radical (unpaired) electrons. The van der Waals surface area contributed by atoms with E-state index in [9.17, 15) is 24.3 Å². The number of hydrogen-bond donors (Lipinski definition) is 2. The van der Waals surface area contributed by atoms with Crippen LogP contribution < -0.4 is 14.8 Å². The van der Waals surface area contributed by atoms with Gasteiger partial charge < -0.3 is 28.8 Å². The van der Waals surface area contributed by atoms with Gasteiger partial charge in [0.2, 0.25) is 0 Å². The Hall–Kier alpha value is -3.34. The van der Waals surface area contributed by atoms with Crippen LogP contribution in [0.3, 0.4) is 0 Å². The number of carbonyl (C=O) groups excluding carboxylic acids is 3. The van der Waals surface area contributed by atoms with E-state index in [1.807, 2.05) is 20.8 Å². The van der Waals surface area contributed by atoms with Crippen LogP contribution in [0.5, 0.6) is 11.5 Å². The Bertz CT molecular complexity index is 919. The summed E-state index contributed by atoms with van der Waals surface area (Å²) >= 11 is 0. The molecule has 0 fully saturated rings. The molecule has 11 nitrogen and oxygen atoms in total. The van der Waals surface area contributed by atoms with Crippen LogP contribution in [0.25, 0.3) is 0 Å². The summed E-state index contributed by atoms with van der Waals surface area (Å²) in [6.07, 6.45) is -0.160. The number of ether oxygens (including phenoxy) is 5. The highest BCUT2D eigenvalue weighted by atomic mass is 16.7. The lowest BCUT2D eigenvalue weighted by molar-refractivity contribution is -0.187. The maximum atomic E-state index is 12.6. The van der Waals surface area contributed by atoms with Gasteiger partial charge in [-0.3, -0.25) is 10.1 Å². The molecular weight excluding hydrogens is 486 g/mol. The first-order valence-corrected chi connectivity index (χ1v) is 12.6. The maximum absolute atomic E-state index is 12.6. The Balaban J connectivity index is 3.42. The van der Waals surface area contributed by atoms with Gasteiger partial charge >= 0.3 is 24.2 Å². The number of carboxylic acids is 1. The number of carboxylic acid groups (broad SMARTS) is 1. The highest BCUT2D eigenvalue weighted by Crippen LogP contribution is 2.31. The standard InChI is InChI=1S/C26H39NO10/c1-7-13-33-24(31)35-20-12-11-19(15-21(20)36-25(32)34-14-8-2)16-26(23(29)30,27-18(6)10-4)37-22(28)17(5)9-3/h11-12,15,17-18,27H,7-10,13-14,16H2,1-6H3,(H,29,30)/t17?,18?,26-/m0/s1. The van der Waals surface area contributed by atoms with Gasteiger partial charge in [0.05, 0.1) is 19.1 Å². The van der Waals surface area contributed by atoms with E-state index >= 15 is 0 Å². The van der Waals surface area contributed by atoms with Gasteiger partial charge in [-0.05, 0) is 50.3 Å². The van der Waals surface area contributed by atoms with Crippen molar-refractivity contribution in [3.8, 4) is 11.5 Å². The van der Waals surface area contributed by atoms with Crippen molar-refractivity contribution in [2.75, 3.05) is 13.2 Å². The van der Waals surface area contributed by atoms with Gasteiger partial charge in [-0.15, -0.1) is 0 Å². The summed E-state index contributed by atoms with van der Waals surface area (Å²) < 4.78 is 25.8. The van der Waals surface area contributed by atoms with Crippen LogP contribution in [0, 0.1) is 5.92 Å². The van der Waals surface area contributed by atoms with Crippen LogP contribution in [0.2, 0.25) is 0 Å². The number of esters is 1. The van der Waals surface area contributed by atoms with Crippen molar-refractivity contribution in [1.82, 2.24) is 5.32 Å². The van der Waals surface area contributed by atoms with Crippen molar-refractivity contribution < 1.29 is 48.0 Å². The highest BCUT2D eigenvalue weighted by molar-refractivity contribution is 5.83. The van der Waals surface area contributed by atoms with Crippen molar-refractivity contribution in [1.29, 1.82) is 0 Å². The molecule has 0 heterocycles. The maximum Gasteiger partial charge on any atom is 0.513 e. The minimum atomic E-state index is -2.10. The van der Waals surface area contributed by atoms with Gasteiger partial charge in [0.25, 0.3) is 5.72 Å². The third-order valence-electron chi connectivity index (χ3n) is 5.42. The predicted octanol–water partition coefficient (Wildman–Crippen LogP) is 4.84. The summed E-state index contributed by atoms with van der Waals surface area (Å²) in [5.41, 5.74) is -1.78. The Kier molecular flexibility index (Phi) is 13.4. The third kappa shape index (κ3) is 10.3. The largest absolute Gasteiger partial charge is 0.513 e. The quantitative estimate of drug-likeness (QED) is 0.140. The Morgan fingerprint density at radius 3 is 1.95 bits per heavy atom. The van der Waals surface area contributed by atoms with Crippen molar-refractivity contribution in [3.05, 3.63) is 23.8 Å². The van der Waals surface area contributed by atoms with E-state index in [4.69, 9.17) is 23.7 Å². The van der Waals surface area contributed by atoms with Crippen LogP contribution in [-0.4, -0.2) is 54.3 Å². The van der Waals surface area contributed by atoms with Gasteiger partial charge in [-0.1, -0.05) is 40.7 Å². The molecule has 0 amide bonds. The number of carbonyl (C=O) groups is 4. The monoisotopic (exact) mass is 525 g/mol. The second kappa shape index (κ2) is 15.7. The van der Waals surface area contributed by atoms with Crippen molar-refractivity contribution in [3.63, 3.8) is 0 Å². The second-order valence-electron chi connectivity index (χ2n) is 8.68. The van der Waals surface area contributed by atoms with E-state index in [2.05, 4.69) is 5.32 Å². The van der Waals surface area contributed by atoms with Gasteiger partial charge in [0.15, 0.2) is 11.5 Å². The minimum Gasteiger partial charge on any atom is -0.477 e. The Morgan fingerprint density at radius 1 is 0.892 bits per heavy atom. The zero-order valence-electron chi connectivity index (χ0n) is 22.5. The molecule has 0 aliphatic heterocycles. The number of hydrogen-bond acceptors (Lipinski definition) is 10. The SMILES string of the molecule is CCCOC(=O)Oc1ccc(C[C@](NC(C)CC)(OC(=O)C(C)CC)C(=O)O)cc1OC(=O)OCCC. The lowest BCUT2D eigenvalue weighted by Crippen LogP contribution is -2.60. The van der Waals surface area contributed by atoms with Gasteiger partial charge in [-0.25, -0.2) is 14.4 Å². The zero-order chi connectivity index (χ0) is 28.0. The van der Waals surface area contributed by atoms with E-state index in [0.717, 1.165) is 0 Å². The van der Waals surface area contributed by atoms with Crippen LogP contribution in [0.15, 0.2) is 18.2 Å². The second-order valence-corrected chi connectivity index (χ2v) is 8.68. The fraction of sp³-hybridized carbons (Fsp3) is 0.615. The fourth-order valence-electron chi connectivity index (χ4n) is 2.96. The first-order chi connectivity index (χ1) is 17.5. The topological polar surface area (TPSA) is 147 Å². The zero-order valence-corrected chi connectivity index (χ0v) is 22.5. The molecule has 208 valence electrons.